The normalized spacial score (nSPS) is 25.1. The summed E-state index contributed by atoms with van der Waals surface area (Å²) in [6, 6.07) is 7.86. The summed E-state index contributed by atoms with van der Waals surface area (Å²) in [5.41, 5.74) is 3.27. The zero-order chi connectivity index (χ0) is 31.6. The summed E-state index contributed by atoms with van der Waals surface area (Å²) >= 11 is 0. The Morgan fingerprint density at radius 1 is 1.05 bits per heavy atom. The monoisotopic (exact) mass is 607 g/mol. The Labute approximate surface area is 256 Å². The maximum atomic E-state index is 15.1. The molecule has 44 heavy (non-hydrogen) atoms. The molecule has 0 radical (unpaired) electrons. The van der Waals surface area contributed by atoms with Gasteiger partial charge in [0, 0.05) is 35.4 Å². The van der Waals surface area contributed by atoms with Crippen molar-refractivity contribution in [3.8, 4) is 22.8 Å². The first kappa shape index (κ1) is 30.5. The molecule has 3 atom stereocenters. The quantitative estimate of drug-likeness (QED) is 0.290. The van der Waals surface area contributed by atoms with E-state index in [-0.39, 0.29) is 54.0 Å². The molecule has 9 heteroatoms. The Morgan fingerprint density at radius 3 is 2.41 bits per heavy atom. The van der Waals surface area contributed by atoms with Gasteiger partial charge in [-0.2, -0.15) is 0 Å². The van der Waals surface area contributed by atoms with Crippen molar-refractivity contribution in [2.24, 2.45) is 17.8 Å². The smallest absolute Gasteiger partial charge is 0.310 e. The first-order chi connectivity index (χ1) is 20.7. The van der Waals surface area contributed by atoms with Crippen molar-refractivity contribution in [2.75, 3.05) is 13.2 Å². The van der Waals surface area contributed by atoms with E-state index < -0.39 is 22.8 Å². The third kappa shape index (κ3) is 5.92. The molecule has 0 bridgehead atoms. The highest BCUT2D eigenvalue weighted by Gasteiger charge is 2.61. The second-order valence-electron chi connectivity index (χ2n) is 13.8. The maximum Gasteiger partial charge on any atom is 0.310 e. The van der Waals surface area contributed by atoms with Crippen molar-refractivity contribution in [1.29, 1.82) is 0 Å². The molecule has 0 unspecified atom stereocenters. The minimum absolute atomic E-state index is 0.117. The van der Waals surface area contributed by atoms with Crippen molar-refractivity contribution in [3.63, 3.8) is 0 Å². The SMILES string of the molecule is Cc1cc(OCC2CC(O)(CO)C2)cc(C)c1-c1cc(COc2cc3c(cn2)[C@H]2[C@H](C3)[C@@H]2C(=O)OC(C)(C)C)c(F)cc1F. The van der Waals surface area contributed by atoms with Crippen molar-refractivity contribution in [3.05, 3.63) is 76.0 Å². The van der Waals surface area contributed by atoms with Gasteiger partial charge in [0.2, 0.25) is 5.88 Å². The molecule has 2 fully saturated rings. The number of hydrogen-bond donors (Lipinski definition) is 2. The number of aliphatic hydroxyl groups excluding tert-OH is 1. The van der Waals surface area contributed by atoms with Crippen LogP contribution < -0.4 is 9.47 Å². The van der Waals surface area contributed by atoms with Gasteiger partial charge in [-0.15, -0.1) is 0 Å². The molecule has 2 saturated carbocycles. The van der Waals surface area contributed by atoms with E-state index in [0.29, 0.717) is 36.6 Å². The standard InChI is InChI=1S/C35H39F2NO6/c1-18-6-23(42-15-20-12-35(41,13-20)17-39)7-19(2)30(18)24-9-22(27(36)11-28(24)37)16-43-29-10-21-8-25-31(26(21)14-38-29)32(25)33(40)44-34(3,4)5/h6-7,9-11,14,20,25,31-32,39,41H,8,12-13,15-17H2,1-5H3/t20?,25-,31+,32-,35?/m0/s1. The molecule has 2 N–H and O–H groups in total. The van der Waals surface area contributed by atoms with Crippen LogP contribution in [0.3, 0.4) is 0 Å². The van der Waals surface area contributed by atoms with Crippen LogP contribution >= 0.6 is 0 Å². The molecule has 3 aliphatic carbocycles. The largest absolute Gasteiger partial charge is 0.493 e. The van der Waals surface area contributed by atoms with E-state index in [1.165, 1.54) is 6.07 Å². The molecule has 0 saturated heterocycles. The minimum atomic E-state index is -1.00. The molecule has 0 spiro atoms. The maximum absolute atomic E-state index is 15.1. The summed E-state index contributed by atoms with van der Waals surface area (Å²) in [5, 5.41) is 19.2. The molecule has 6 rings (SSSR count). The van der Waals surface area contributed by atoms with E-state index in [4.69, 9.17) is 14.2 Å². The van der Waals surface area contributed by atoms with E-state index in [2.05, 4.69) is 4.98 Å². The predicted octanol–water partition coefficient (Wildman–Crippen LogP) is 5.96. The molecule has 1 heterocycles. The number of hydrogen-bond acceptors (Lipinski definition) is 7. The Balaban J connectivity index is 1.12. The van der Waals surface area contributed by atoms with Crippen molar-refractivity contribution >= 4 is 5.97 Å². The number of esters is 1. The van der Waals surface area contributed by atoms with Crippen molar-refractivity contribution < 1.29 is 38.0 Å². The van der Waals surface area contributed by atoms with Gasteiger partial charge in [-0.05, 0) is 112 Å². The second kappa shape index (κ2) is 11.1. The van der Waals surface area contributed by atoms with Crippen molar-refractivity contribution in [1.82, 2.24) is 4.98 Å². The number of aliphatic hydroxyl groups is 2. The highest BCUT2D eigenvalue weighted by Crippen LogP contribution is 2.62. The first-order valence-electron chi connectivity index (χ1n) is 15.2. The number of benzene rings is 2. The molecule has 234 valence electrons. The summed E-state index contributed by atoms with van der Waals surface area (Å²) in [7, 11) is 0. The fourth-order valence-electron chi connectivity index (χ4n) is 6.99. The van der Waals surface area contributed by atoms with Gasteiger partial charge >= 0.3 is 5.97 Å². The van der Waals surface area contributed by atoms with Crippen LogP contribution in [0.5, 0.6) is 11.6 Å². The van der Waals surface area contributed by atoms with Crippen LogP contribution in [0.4, 0.5) is 8.78 Å². The van der Waals surface area contributed by atoms with E-state index in [1.54, 1.807) is 6.20 Å². The zero-order valence-electron chi connectivity index (χ0n) is 25.7. The molecule has 7 nitrogen and oxygen atoms in total. The zero-order valence-corrected chi connectivity index (χ0v) is 25.7. The third-order valence-electron chi connectivity index (χ3n) is 9.07. The number of aromatic nitrogens is 1. The van der Waals surface area contributed by atoms with E-state index in [9.17, 15) is 19.4 Å². The van der Waals surface area contributed by atoms with Gasteiger partial charge in [-0.3, -0.25) is 4.79 Å². The van der Waals surface area contributed by atoms with Crippen LogP contribution in [0.1, 0.15) is 67.3 Å². The molecular formula is C35H39F2NO6. The molecule has 0 amide bonds. The Bertz CT molecular complexity index is 1590. The Hall–Kier alpha value is -3.56. The number of halogens is 2. The number of carbonyl (C=O) groups excluding carboxylic acids is 1. The van der Waals surface area contributed by atoms with E-state index >= 15 is 4.39 Å². The van der Waals surface area contributed by atoms with Gasteiger partial charge in [0.1, 0.15) is 29.6 Å². The summed E-state index contributed by atoms with van der Waals surface area (Å²) in [6.45, 7) is 9.33. The highest BCUT2D eigenvalue weighted by atomic mass is 19.1. The van der Waals surface area contributed by atoms with Crippen molar-refractivity contribution in [2.45, 2.75) is 77.6 Å². The molecular weight excluding hydrogens is 568 g/mol. The number of aryl methyl sites for hydroxylation is 2. The molecule has 3 aliphatic rings. The lowest BCUT2D eigenvalue weighted by molar-refractivity contribution is -0.157. The van der Waals surface area contributed by atoms with Crippen LogP contribution in [0.2, 0.25) is 0 Å². The van der Waals surface area contributed by atoms with Crippen LogP contribution in [0, 0.1) is 43.2 Å². The van der Waals surface area contributed by atoms with E-state index in [1.807, 2.05) is 52.8 Å². The summed E-state index contributed by atoms with van der Waals surface area (Å²) in [5.74, 6) is -0.206. The van der Waals surface area contributed by atoms with Gasteiger partial charge in [-0.25, -0.2) is 13.8 Å². The number of nitrogens with zero attached hydrogens (tertiary/aromatic N) is 1. The van der Waals surface area contributed by atoms with Gasteiger partial charge in [0.25, 0.3) is 0 Å². The predicted molar refractivity (Wildman–Crippen MR) is 159 cm³/mol. The summed E-state index contributed by atoms with van der Waals surface area (Å²) in [4.78, 5) is 17.0. The number of pyridine rings is 1. The fourth-order valence-corrected chi connectivity index (χ4v) is 6.99. The van der Waals surface area contributed by atoms with Crippen LogP contribution in [-0.4, -0.2) is 45.6 Å². The van der Waals surface area contributed by atoms with Crippen LogP contribution in [0.25, 0.3) is 11.1 Å². The van der Waals surface area contributed by atoms with Gasteiger partial charge < -0.3 is 24.4 Å². The number of carbonyl (C=O) groups is 1. The van der Waals surface area contributed by atoms with Gasteiger partial charge in [0.15, 0.2) is 0 Å². The average Bonchev–Trinajstić information content (AvgIpc) is 3.51. The number of rotatable bonds is 9. The minimum Gasteiger partial charge on any atom is -0.493 e. The molecule has 2 aromatic carbocycles. The van der Waals surface area contributed by atoms with Gasteiger partial charge in [-0.1, -0.05) is 0 Å². The van der Waals surface area contributed by atoms with E-state index in [0.717, 1.165) is 34.7 Å². The first-order valence-corrected chi connectivity index (χ1v) is 15.2. The topological polar surface area (TPSA) is 98.1 Å². The number of ether oxygens (including phenoxy) is 3. The third-order valence-corrected chi connectivity index (χ3v) is 9.07. The summed E-state index contributed by atoms with van der Waals surface area (Å²) < 4.78 is 47.4. The second-order valence-corrected chi connectivity index (χ2v) is 13.8. The fraction of sp³-hybridized carbons (Fsp3) is 0.486. The molecule has 0 aliphatic heterocycles. The highest BCUT2D eigenvalue weighted by molar-refractivity contribution is 5.80. The van der Waals surface area contributed by atoms with Gasteiger partial charge in [0.05, 0.1) is 24.7 Å². The Kier molecular flexibility index (Phi) is 7.69. The molecule has 1 aromatic heterocycles. The lowest BCUT2D eigenvalue weighted by Gasteiger charge is -2.42. The lowest BCUT2D eigenvalue weighted by atomic mass is 9.72. The van der Waals surface area contributed by atoms with Crippen LogP contribution in [-0.2, 0) is 22.6 Å². The summed E-state index contributed by atoms with van der Waals surface area (Å²) in [6.07, 6.45) is 3.45. The average molecular weight is 608 g/mol. The Morgan fingerprint density at radius 2 is 1.75 bits per heavy atom. The molecule has 3 aromatic rings. The van der Waals surface area contributed by atoms with Crippen LogP contribution in [0.15, 0.2) is 36.5 Å². The lowest BCUT2D eigenvalue weighted by Crippen LogP contribution is -2.48. The number of fused-ring (bicyclic) bond motifs is 3.